The second kappa shape index (κ2) is 11.6. The van der Waals surface area contributed by atoms with Crippen LogP contribution >= 0.6 is 0 Å². The Balaban J connectivity index is 3.81. The van der Waals surface area contributed by atoms with Gasteiger partial charge in [-0.1, -0.05) is 43.0 Å². The fraction of sp³-hybridized carbons (Fsp3) is 0.647. The zero-order valence-electron chi connectivity index (χ0n) is 36.0. The van der Waals surface area contributed by atoms with Gasteiger partial charge < -0.3 is 4.74 Å². The molecule has 0 N–H and O–H groups in total. The van der Waals surface area contributed by atoms with E-state index in [2.05, 4.69) is 8.92 Å². The van der Waals surface area contributed by atoms with Gasteiger partial charge in [-0.3, -0.25) is 4.18 Å². The fourth-order valence-electron chi connectivity index (χ4n) is 0.718. The van der Waals surface area contributed by atoms with Gasteiger partial charge in [0.05, 0.1) is 27.9 Å². The van der Waals surface area contributed by atoms with Crippen LogP contribution in [0.25, 0.3) is 0 Å². The van der Waals surface area contributed by atoms with Crippen LogP contribution in [0.4, 0.5) is 0 Å². The van der Waals surface area contributed by atoms with Crippen molar-refractivity contribution in [1.82, 2.24) is 0 Å². The standard InChI is InChI=1S/C17H28O4S/c1-22(18,19)21-16-9-3-2-8-14-20-15-10-7-13-17-11-5-4-6-12-17/h4-6,11-12H,2-3,7-10,13-16H2,1H3/i2D2,3D2,4D,5D,6D,7D2,8D2,9D2,10D2,11D,12D,13D2,14D2,15D2,16D2. The molecule has 0 heterocycles. The molecule has 4 nitrogen and oxygen atoms in total. The highest BCUT2D eigenvalue weighted by atomic mass is 32.2. The van der Waals surface area contributed by atoms with E-state index in [4.69, 9.17) is 34.3 Å². The van der Waals surface area contributed by atoms with Gasteiger partial charge >= 0.3 is 0 Å². The summed E-state index contributed by atoms with van der Waals surface area (Å²) in [7, 11) is -4.94. The Kier molecular flexibility index (Phi) is 2.12. The molecule has 0 unspecified atom stereocenters. The normalized spacial score (nSPS) is 34.9. The largest absolute Gasteiger partial charge is 0.381 e. The molecule has 0 aliphatic rings. The molecule has 126 valence electrons. The van der Waals surface area contributed by atoms with Crippen LogP contribution in [0.5, 0.6) is 0 Å². The monoisotopic (exact) mass is 353 g/mol. The number of hydrogen-bond acceptors (Lipinski definition) is 4. The highest BCUT2D eigenvalue weighted by Gasteiger charge is 2.00. The van der Waals surface area contributed by atoms with E-state index >= 15 is 0 Å². The molecular formula is C17H28O4S. The maximum absolute atomic E-state index is 11.4. The molecule has 0 aliphatic carbocycles. The Hall–Kier alpha value is -0.910. The predicted molar refractivity (Wildman–Crippen MR) is 89.5 cm³/mol. The van der Waals surface area contributed by atoms with Gasteiger partial charge in [0.1, 0.15) is 0 Å². The molecule has 0 aliphatic heterocycles. The van der Waals surface area contributed by atoms with Gasteiger partial charge in [0.2, 0.25) is 0 Å². The van der Waals surface area contributed by atoms with Gasteiger partial charge in [-0.15, -0.1) is 0 Å². The molecule has 0 saturated carbocycles. The third-order valence-electron chi connectivity index (χ3n) is 1.39. The van der Waals surface area contributed by atoms with Crippen LogP contribution in [-0.2, 0) is 25.4 Å². The maximum atomic E-state index is 11.4. The van der Waals surface area contributed by atoms with E-state index in [1.807, 2.05) is 0 Å². The minimum absolute atomic E-state index is 0.200. The Morgan fingerprint density at radius 1 is 0.955 bits per heavy atom. The van der Waals surface area contributed by atoms with Gasteiger partial charge in [-0.25, -0.2) is 0 Å². The lowest BCUT2D eigenvalue weighted by molar-refractivity contribution is 0.126. The molecule has 0 atom stereocenters. The minimum Gasteiger partial charge on any atom is -0.381 e. The van der Waals surface area contributed by atoms with Crippen molar-refractivity contribution < 1.29 is 51.6 Å². The topological polar surface area (TPSA) is 52.6 Å². The van der Waals surface area contributed by atoms with Crippen molar-refractivity contribution in [1.29, 1.82) is 0 Å². The summed E-state index contributed by atoms with van der Waals surface area (Å²) in [6, 6.07) is -6.22. The Morgan fingerprint density at radius 3 is 2.18 bits per heavy atom. The van der Waals surface area contributed by atoms with Crippen molar-refractivity contribution >= 4 is 10.1 Å². The van der Waals surface area contributed by atoms with Crippen molar-refractivity contribution in [3.63, 3.8) is 0 Å². The first-order chi connectivity index (χ1) is 20.1. The summed E-state index contributed by atoms with van der Waals surface area (Å²) in [6.45, 7) is -13.7. The van der Waals surface area contributed by atoms with E-state index in [0.29, 0.717) is 0 Å². The average molecular weight is 354 g/mol. The van der Waals surface area contributed by atoms with Gasteiger partial charge in [-0.2, -0.15) is 8.42 Å². The molecule has 0 aromatic heterocycles. The van der Waals surface area contributed by atoms with E-state index in [1.165, 1.54) is 0 Å². The number of hydrogen-bond donors (Lipinski definition) is 0. The van der Waals surface area contributed by atoms with Gasteiger partial charge in [-0.05, 0) is 37.4 Å². The maximum Gasteiger partial charge on any atom is 0.264 e. The second-order valence-corrected chi connectivity index (χ2v) is 4.65. The summed E-state index contributed by atoms with van der Waals surface area (Å²) in [5, 5.41) is 0. The molecule has 0 fully saturated rings. The zero-order chi connectivity index (χ0) is 38.4. The van der Waals surface area contributed by atoms with Crippen LogP contribution in [-0.4, -0.2) is 34.4 Å². The van der Waals surface area contributed by atoms with Gasteiger partial charge in [0.15, 0.2) is 0 Å². The lowest BCUT2D eigenvalue weighted by Gasteiger charge is -2.05. The van der Waals surface area contributed by atoms with Crippen LogP contribution in [0.15, 0.2) is 30.2 Å². The van der Waals surface area contributed by atoms with E-state index in [9.17, 15) is 8.42 Å². The van der Waals surface area contributed by atoms with Crippen molar-refractivity contribution in [2.75, 3.05) is 25.9 Å². The predicted octanol–water partition coefficient (Wildman–Crippen LogP) is 3.56. The lowest BCUT2D eigenvalue weighted by atomic mass is 10.1. The molecule has 0 saturated heterocycles. The number of benzene rings is 1. The molecule has 5 heteroatoms. The number of rotatable bonds is 13. The summed E-state index contributed by atoms with van der Waals surface area (Å²) in [5.74, 6) is 0. The van der Waals surface area contributed by atoms with E-state index in [1.54, 1.807) is 0 Å². The zero-order valence-corrected chi connectivity index (χ0v) is 11.9. The Morgan fingerprint density at radius 2 is 1.55 bits per heavy atom. The van der Waals surface area contributed by atoms with E-state index in [-0.39, 0.29) is 6.26 Å². The summed E-state index contributed by atoms with van der Waals surface area (Å²) < 4.78 is 229. The SMILES string of the molecule is [2H]c1c([2H])c([2H])c(C([2H])([2H])C([2H])([2H])C([2H])([2H])C([2H])([2H])OC([2H])([2H])C([2H])([2H])C([2H])([2H])C([2H])([2H])C([2H])([2H])C([2H])([2H])OS(C)(=O)=O)c([2H])c1[2H]. The molecular weight excluding hydrogens is 300 g/mol. The summed E-state index contributed by atoms with van der Waals surface area (Å²) in [6.07, 6.45) is -31.5. The molecule has 0 radical (unpaired) electrons. The van der Waals surface area contributed by atoms with Crippen LogP contribution < -0.4 is 0 Å². The Bertz CT molecular complexity index is 1450. The first-order valence-electron chi connectivity index (χ1n) is 17.8. The number of ether oxygens (including phenoxy) is 1. The molecule has 0 spiro atoms. The van der Waals surface area contributed by atoms with Crippen LogP contribution in [0.2, 0.25) is 0 Å². The van der Waals surface area contributed by atoms with E-state index in [0.717, 1.165) is 0 Å². The summed E-state index contributed by atoms with van der Waals surface area (Å²) >= 11 is 0. The van der Waals surface area contributed by atoms with E-state index < -0.39 is 110 Å². The molecule has 0 amide bonds. The summed E-state index contributed by atoms with van der Waals surface area (Å²) in [4.78, 5) is 0. The van der Waals surface area contributed by atoms with Crippen molar-refractivity contribution in [2.24, 2.45) is 0 Å². The third kappa shape index (κ3) is 11.7. The molecule has 1 rings (SSSR count). The summed E-state index contributed by atoms with van der Waals surface area (Å²) in [5.41, 5.74) is -1.51. The molecule has 22 heavy (non-hydrogen) atoms. The van der Waals surface area contributed by atoms with Crippen LogP contribution in [0, 0.1) is 0 Å². The van der Waals surface area contributed by atoms with Crippen LogP contribution in [0.1, 0.15) is 78.1 Å². The first-order valence-corrected chi connectivity index (χ1v) is 7.09. The second-order valence-electron chi connectivity index (χ2n) is 3.07. The minimum atomic E-state index is -4.94. The molecule has 1 aromatic rings. The Labute approximate surface area is 170 Å². The van der Waals surface area contributed by atoms with Crippen molar-refractivity contribution in [3.05, 3.63) is 35.8 Å². The third-order valence-corrected chi connectivity index (χ3v) is 1.77. The van der Waals surface area contributed by atoms with Crippen LogP contribution in [0.3, 0.4) is 0 Å². The molecule has 1 aromatic carbocycles. The fourth-order valence-corrected chi connectivity index (χ4v) is 0.911. The average Bonchev–Trinajstić information content (AvgIpc) is 2.83. The van der Waals surface area contributed by atoms with Crippen molar-refractivity contribution in [2.45, 2.75) is 44.6 Å². The highest BCUT2D eigenvalue weighted by Crippen LogP contribution is 2.05. The molecule has 0 bridgehead atoms. The highest BCUT2D eigenvalue weighted by molar-refractivity contribution is 7.85. The quantitative estimate of drug-likeness (QED) is 0.509. The lowest BCUT2D eigenvalue weighted by Crippen LogP contribution is -2.04. The smallest absolute Gasteiger partial charge is 0.264 e. The first kappa shape index (κ1) is 4.01. The van der Waals surface area contributed by atoms with Crippen molar-refractivity contribution in [3.8, 4) is 0 Å². The van der Waals surface area contributed by atoms with Gasteiger partial charge in [0, 0.05) is 32.3 Å². The van der Waals surface area contributed by atoms with Gasteiger partial charge in [0.25, 0.3) is 10.1 Å².